The predicted octanol–water partition coefficient (Wildman–Crippen LogP) is 3.54. The van der Waals surface area contributed by atoms with Crippen LogP contribution in [0, 0.1) is 11.8 Å². The second-order valence-electron chi connectivity index (χ2n) is 9.54. The van der Waals surface area contributed by atoms with Gasteiger partial charge >= 0.3 is 0 Å². The average molecular weight is 483 g/mol. The van der Waals surface area contributed by atoms with Crippen LogP contribution in [0.15, 0.2) is 18.5 Å². The highest BCUT2D eigenvalue weighted by Crippen LogP contribution is 2.46. The lowest BCUT2D eigenvalue weighted by Gasteiger charge is -2.20. The van der Waals surface area contributed by atoms with Crippen molar-refractivity contribution in [2.45, 2.75) is 44.7 Å². The molecule has 174 valence electrons. The van der Waals surface area contributed by atoms with E-state index in [1.807, 2.05) is 18.5 Å². The van der Waals surface area contributed by atoms with Crippen LogP contribution in [0.3, 0.4) is 0 Å². The lowest BCUT2D eigenvalue weighted by Crippen LogP contribution is -2.31. The number of amides is 1. The van der Waals surface area contributed by atoms with Gasteiger partial charge in [-0.3, -0.25) is 9.78 Å². The largest absolute Gasteiger partial charge is 0.317 e. The Morgan fingerprint density at radius 1 is 1.24 bits per heavy atom. The van der Waals surface area contributed by atoms with Crippen molar-refractivity contribution in [1.82, 2.24) is 25.9 Å². The molecule has 5 heterocycles. The van der Waals surface area contributed by atoms with Gasteiger partial charge in [-0.1, -0.05) is 0 Å². The number of carbonyl (C=O) groups is 1. The van der Waals surface area contributed by atoms with E-state index in [2.05, 4.69) is 33.2 Å². The molecule has 1 amide bonds. The summed E-state index contributed by atoms with van der Waals surface area (Å²) in [4.78, 5) is 23.3. The van der Waals surface area contributed by atoms with E-state index >= 15 is 0 Å². The monoisotopic (exact) mass is 482 g/mol. The van der Waals surface area contributed by atoms with Gasteiger partial charge in [0.2, 0.25) is 5.91 Å². The van der Waals surface area contributed by atoms with Gasteiger partial charge in [-0.2, -0.15) is 0 Å². The van der Waals surface area contributed by atoms with Crippen LogP contribution < -0.4 is 21.3 Å². The van der Waals surface area contributed by atoms with Gasteiger partial charge in [-0.05, 0) is 69.3 Å². The van der Waals surface area contributed by atoms with E-state index < -0.39 is 0 Å². The summed E-state index contributed by atoms with van der Waals surface area (Å²) in [5.74, 6) is 1.71. The molecule has 1 saturated carbocycles. The van der Waals surface area contributed by atoms with E-state index in [4.69, 9.17) is 4.98 Å². The Hall–Kier alpha value is -1.91. The molecule has 0 radical (unpaired) electrons. The first kappa shape index (κ1) is 21.6. The molecular weight excluding hydrogens is 452 g/mol. The molecular formula is C24H30N6OS2. The third-order valence-electron chi connectivity index (χ3n) is 7.35. The van der Waals surface area contributed by atoms with Crippen molar-refractivity contribution in [3.8, 4) is 10.6 Å². The molecule has 2 aliphatic heterocycles. The Morgan fingerprint density at radius 3 is 2.91 bits per heavy atom. The molecule has 3 aromatic rings. The summed E-state index contributed by atoms with van der Waals surface area (Å²) in [5, 5.41) is 15.8. The fourth-order valence-electron chi connectivity index (χ4n) is 5.70. The highest BCUT2D eigenvalue weighted by molar-refractivity contribution is 7.23. The van der Waals surface area contributed by atoms with E-state index in [9.17, 15) is 4.79 Å². The number of hydrogen-bond donors (Lipinski definition) is 4. The first-order valence-electron chi connectivity index (χ1n) is 12.0. The number of thiophene rings is 1. The Balaban J connectivity index is 1.18. The van der Waals surface area contributed by atoms with Crippen molar-refractivity contribution in [3.05, 3.63) is 28.9 Å². The number of carbonyl (C=O) groups excluding carboxylic acids is 1. The van der Waals surface area contributed by atoms with E-state index in [0.29, 0.717) is 12.5 Å². The van der Waals surface area contributed by atoms with Crippen LogP contribution in [0.5, 0.6) is 0 Å². The number of fused-ring (bicyclic) bond motifs is 3. The maximum Gasteiger partial charge on any atom is 0.226 e. The summed E-state index contributed by atoms with van der Waals surface area (Å²) in [6.45, 7) is 6.19. The van der Waals surface area contributed by atoms with Crippen LogP contribution in [0.2, 0.25) is 0 Å². The predicted molar refractivity (Wildman–Crippen MR) is 135 cm³/mol. The Labute approximate surface area is 201 Å². The molecule has 0 bridgehead atoms. The Kier molecular flexibility index (Phi) is 5.92. The average Bonchev–Trinajstić information content (AvgIpc) is 3.55. The molecule has 9 heteroatoms. The summed E-state index contributed by atoms with van der Waals surface area (Å²) < 4.78 is 1.12. The zero-order valence-electron chi connectivity index (χ0n) is 18.8. The Morgan fingerprint density at radius 2 is 2.09 bits per heavy atom. The third-order valence-corrected chi connectivity index (χ3v) is 9.74. The van der Waals surface area contributed by atoms with Crippen LogP contribution in [0.1, 0.15) is 42.7 Å². The molecule has 3 aromatic heterocycles. The summed E-state index contributed by atoms with van der Waals surface area (Å²) in [6, 6.07) is 2.86. The summed E-state index contributed by atoms with van der Waals surface area (Å²) in [6.07, 6.45) is 7.54. The molecule has 6 rings (SSSR count). The molecule has 1 saturated heterocycles. The highest BCUT2D eigenvalue weighted by Gasteiger charge is 2.37. The third kappa shape index (κ3) is 4.21. The molecule has 3 aliphatic rings. The number of nitrogens with one attached hydrogen (secondary N) is 4. The zero-order chi connectivity index (χ0) is 22.4. The fourth-order valence-corrected chi connectivity index (χ4v) is 8.07. The summed E-state index contributed by atoms with van der Waals surface area (Å²) in [5.41, 5.74) is 3.36. The van der Waals surface area contributed by atoms with Crippen molar-refractivity contribution < 1.29 is 4.79 Å². The molecule has 4 N–H and O–H groups in total. The maximum atomic E-state index is 12.9. The second kappa shape index (κ2) is 9.03. The molecule has 1 aliphatic carbocycles. The Bertz CT molecular complexity index is 1130. The topological polar surface area (TPSA) is 91.0 Å². The SMILES string of the molecule is C[C@H]1NCCc2c1sc(NC(=O)CCNC1C[C@H]3CNC[C@H]3C1)c2-c1nc2cnccc2s1. The van der Waals surface area contributed by atoms with Crippen molar-refractivity contribution >= 4 is 43.8 Å². The number of hydrogen-bond acceptors (Lipinski definition) is 8. The van der Waals surface area contributed by atoms with E-state index in [-0.39, 0.29) is 11.9 Å². The van der Waals surface area contributed by atoms with Gasteiger partial charge in [0.15, 0.2) is 0 Å². The van der Waals surface area contributed by atoms with Crippen molar-refractivity contribution in [2.75, 3.05) is 31.5 Å². The zero-order valence-corrected chi connectivity index (χ0v) is 20.5. The first-order chi connectivity index (χ1) is 16.2. The minimum atomic E-state index is 0.0746. The molecule has 33 heavy (non-hydrogen) atoms. The standard InChI is InChI=1S/C24H30N6OS2/c1-13-22-17(2-6-27-13)21(23-29-18-12-25-5-3-19(18)32-23)24(33-22)30-20(31)4-7-28-16-8-14-10-26-11-15(14)9-16/h3,5,12-16,26-28H,2,4,6-11H2,1H3,(H,30,31)/t13-,14-,15+,16?/m1/s1. The lowest BCUT2D eigenvalue weighted by molar-refractivity contribution is -0.116. The van der Waals surface area contributed by atoms with Crippen LogP contribution in [-0.4, -0.2) is 48.1 Å². The highest BCUT2D eigenvalue weighted by atomic mass is 32.1. The van der Waals surface area contributed by atoms with Crippen LogP contribution in [0.25, 0.3) is 20.8 Å². The molecule has 2 fully saturated rings. The molecule has 4 atom stereocenters. The fraction of sp³-hybridized carbons (Fsp3) is 0.542. The normalized spacial score (nSPS) is 26.5. The molecule has 1 unspecified atom stereocenters. The summed E-state index contributed by atoms with van der Waals surface area (Å²) in [7, 11) is 0. The van der Waals surface area contributed by atoms with E-state index in [1.54, 1.807) is 22.7 Å². The van der Waals surface area contributed by atoms with Gasteiger partial charge in [0.25, 0.3) is 0 Å². The van der Waals surface area contributed by atoms with Crippen LogP contribution in [-0.2, 0) is 11.2 Å². The number of nitrogens with zero attached hydrogens (tertiary/aromatic N) is 2. The van der Waals surface area contributed by atoms with E-state index in [1.165, 1.54) is 23.3 Å². The quantitative estimate of drug-likeness (QED) is 0.430. The molecule has 0 aromatic carbocycles. The van der Waals surface area contributed by atoms with Crippen LogP contribution >= 0.6 is 22.7 Å². The maximum absolute atomic E-state index is 12.9. The minimum absolute atomic E-state index is 0.0746. The number of thiazole rings is 1. The minimum Gasteiger partial charge on any atom is -0.317 e. The number of rotatable bonds is 6. The van der Waals surface area contributed by atoms with Gasteiger partial charge in [-0.15, -0.1) is 22.7 Å². The number of aromatic nitrogens is 2. The van der Waals surface area contributed by atoms with E-state index in [0.717, 1.165) is 70.2 Å². The number of anilines is 1. The van der Waals surface area contributed by atoms with Crippen molar-refractivity contribution in [2.24, 2.45) is 11.8 Å². The first-order valence-corrected chi connectivity index (χ1v) is 13.6. The lowest BCUT2D eigenvalue weighted by atomic mass is 10.0. The van der Waals surface area contributed by atoms with Crippen molar-refractivity contribution in [3.63, 3.8) is 0 Å². The van der Waals surface area contributed by atoms with Gasteiger partial charge in [-0.25, -0.2) is 4.98 Å². The van der Waals surface area contributed by atoms with Gasteiger partial charge in [0.05, 0.1) is 10.9 Å². The van der Waals surface area contributed by atoms with Crippen molar-refractivity contribution in [1.29, 1.82) is 0 Å². The van der Waals surface area contributed by atoms with Gasteiger partial charge in [0, 0.05) is 41.7 Å². The van der Waals surface area contributed by atoms with Gasteiger partial charge < -0.3 is 21.3 Å². The molecule has 7 nitrogen and oxygen atoms in total. The molecule has 0 spiro atoms. The summed E-state index contributed by atoms with van der Waals surface area (Å²) >= 11 is 3.38. The number of pyridine rings is 1. The second-order valence-corrected chi connectivity index (χ2v) is 11.6. The van der Waals surface area contributed by atoms with Crippen LogP contribution in [0.4, 0.5) is 5.00 Å². The van der Waals surface area contributed by atoms with Gasteiger partial charge in [0.1, 0.15) is 15.5 Å². The smallest absolute Gasteiger partial charge is 0.226 e.